The van der Waals surface area contributed by atoms with Crippen molar-refractivity contribution in [2.45, 2.75) is 37.7 Å². The second-order valence-corrected chi connectivity index (χ2v) is 12.2. The van der Waals surface area contributed by atoms with Gasteiger partial charge in [-0.1, -0.05) is 11.8 Å². The third kappa shape index (κ3) is 6.26. The van der Waals surface area contributed by atoms with Gasteiger partial charge in [0.2, 0.25) is 0 Å². The molecule has 0 unspecified atom stereocenters. The summed E-state index contributed by atoms with van der Waals surface area (Å²) in [6, 6.07) is 8.26. The normalized spacial score (nSPS) is 13.7. The van der Waals surface area contributed by atoms with E-state index in [0.29, 0.717) is 30.7 Å². The van der Waals surface area contributed by atoms with Crippen molar-refractivity contribution in [3.05, 3.63) is 90.0 Å². The lowest BCUT2D eigenvalue weighted by molar-refractivity contribution is 0.0269. The van der Waals surface area contributed by atoms with E-state index in [2.05, 4.69) is 26.5 Å². The van der Waals surface area contributed by atoms with Gasteiger partial charge in [-0.2, -0.15) is 0 Å². The number of aromatic nitrogens is 3. The number of carbonyl (C=O) groups excluding carboxylic acids is 1. The molecular formula is C30H27F2N5O4S. The fraction of sp³-hybridized carbons (Fsp3) is 0.233. The predicted octanol–water partition coefficient (Wildman–Crippen LogP) is 5.39. The van der Waals surface area contributed by atoms with Crippen LogP contribution in [0.25, 0.3) is 16.7 Å². The van der Waals surface area contributed by atoms with Crippen LogP contribution in [0, 0.1) is 23.5 Å². The summed E-state index contributed by atoms with van der Waals surface area (Å²) in [5.41, 5.74) is 0.462. The highest BCUT2D eigenvalue weighted by molar-refractivity contribution is 7.92. The van der Waals surface area contributed by atoms with Crippen molar-refractivity contribution < 1.29 is 26.7 Å². The van der Waals surface area contributed by atoms with Gasteiger partial charge in [-0.05, 0) is 63.2 Å². The van der Waals surface area contributed by atoms with Crippen LogP contribution in [0.15, 0.2) is 72.2 Å². The number of nitrogens with zero attached hydrogens (tertiary/aromatic N) is 4. The Morgan fingerprint density at radius 1 is 1.12 bits per heavy atom. The summed E-state index contributed by atoms with van der Waals surface area (Å²) in [6.45, 7) is 6.38. The van der Waals surface area contributed by atoms with E-state index in [4.69, 9.17) is 4.74 Å². The number of benzene rings is 1. The van der Waals surface area contributed by atoms with Gasteiger partial charge in [0.15, 0.2) is 5.82 Å². The smallest absolute Gasteiger partial charge is 0.410 e. The van der Waals surface area contributed by atoms with Crippen molar-refractivity contribution in [1.29, 1.82) is 0 Å². The van der Waals surface area contributed by atoms with Crippen LogP contribution in [-0.4, -0.2) is 52.6 Å². The Kier molecular flexibility index (Phi) is 7.71. The lowest BCUT2D eigenvalue weighted by atomic mass is 10.1. The average molecular weight is 592 g/mol. The van der Waals surface area contributed by atoms with Gasteiger partial charge in [0.05, 0.1) is 11.3 Å². The summed E-state index contributed by atoms with van der Waals surface area (Å²) in [5.74, 6) is 3.12. The number of halogens is 2. The van der Waals surface area contributed by atoms with Crippen molar-refractivity contribution in [3.63, 3.8) is 0 Å². The first-order valence-electron chi connectivity index (χ1n) is 13.0. The number of hydrogen-bond donors (Lipinski definition) is 1. The summed E-state index contributed by atoms with van der Waals surface area (Å²) >= 11 is 0. The first-order chi connectivity index (χ1) is 19.9. The number of pyridine rings is 2. The molecule has 42 heavy (non-hydrogen) atoms. The molecule has 4 heterocycles. The molecule has 0 fully saturated rings. The maximum atomic E-state index is 15.2. The number of hydrogen-bond acceptors (Lipinski definition) is 6. The molecule has 1 N–H and O–H groups in total. The van der Waals surface area contributed by atoms with Gasteiger partial charge in [-0.3, -0.25) is 9.71 Å². The second-order valence-electron chi connectivity index (χ2n) is 10.5. The molecule has 0 aliphatic carbocycles. The average Bonchev–Trinajstić information content (AvgIpc) is 3.37. The van der Waals surface area contributed by atoms with Gasteiger partial charge in [-0.25, -0.2) is 27.0 Å². The summed E-state index contributed by atoms with van der Waals surface area (Å²) in [5, 5.41) is 0.760. The molecule has 0 saturated carbocycles. The van der Waals surface area contributed by atoms with Crippen LogP contribution in [0.3, 0.4) is 0 Å². The molecular weight excluding hydrogens is 564 g/mol. The molecule has 1 aromatic carbocycles. The van der Waals surface area contributed by atoms with E-state index in [1.807, 2.05) is 43.7 Å². The van der Waals surface area contributed by atoms with Crippen LogP contribution >= 0.6 is 0 Å². The number of nitrogens with one attached hydrogen (secondary N) is 1. The highest BCUT2D eigenvalue weighted by Gasteiger charge is 2.24. The Morgan fingerprint density at radius 3 is 2.62 bits per heavy atom. The Balaban J connectivity index is 1.35. The minimum absolute atomic E-state index is 0.169. The summed E-state index contributed by atoms with van der Waals surface area (Å²) < 4.78 is 64.3. The van der Waals surface area contributed by atoms with E-state index in [9.17, 15) is 17.6 Å². The molecule has 0 spiro atoms. The highest BCUT2D eigenvalue weighted by Crippen LogP contribution is 2.26. The molecule has 216 valence electrons. The number of anilines is 1. The van der Waals surface area contributed by atoms with Gasteiger partial charge in [-0.15, -0.1) is 0 Å². The molecule has 0 atom stereocenters. The Labute approximate surface area is 241 Å². The number of fused-ring (bicyclic) bond motifs is 1. The molecule has 0 bridgehead atoms. The molecule has 4 aromatic rings. The molecule has 1 amide bonds. The first kappa shape index (κ1) is 28.8. The Bertz CT molecular complexity index is 1870. The van der Waals surface area contributed by atoms with Gasteiger partial charge in [0, 0.05) is 60.9 Å². The van der Waals surface area contributed by atoms with Crippen LogP contribution in [-0.2, 0) is 14.8 Å². The van der Waals surface area contributed by atoms with E-state index in [0.717, 1.165) is 29.4 Å². The molecule has 0 saturated heterocycles. The summed E-state index contributed by atoms with van der Waals surface area (Å²) in [7, 11) is -4.14. The van der Waals surface area contributed by atoms with Crippen molar-refractivity contribution in [2.24, 2.45) is 0 Å². The zero-order valence-electron chi connectivity index (χ0n) is 23.1. The first-order valence-corrected chi connectivity index (χ1v) is 14.5. The molecule has 3 aromatic heterocycles. The Morgan fingerprint density at radius 2 is 1.93 bits per heavy atom. The highest BCUT2D eigenvalue weighted by atomic mass is 32.2. The van der Waals surface area contributed by atoms with E-state index in [1.54, 1.807) is 11.0 Å². The number of carbonyl (C=O) groups is 1. The molecule has 9 nitrogen and oxygen atoms in total. The van der Waals surface area contributed by atoms with Gasteiger partial charge in [0.25, 0.3) is 10.0 Å². The molecule has 0 radical (unpaired) electrons. The van der Waals surface area contributed by atoms with Crippen LogP contribution in [0.1, 0.15) is 38.3 Å². The zero-order valence-corrected chi connectivity index (χ0v) is 23.9. The minimum Gasteiger partial charge on any atom is -0.444 e. The monoisotopic (exact) mass is 591 g/mol. The quantitative estimate of drug-likeness (QED) is 0.319. The van der Waals surface area contributed by atoms with Gasteiger partial charge in [0.1, 0.15) is 22.0 Å². The second kappa shape index (κ2) is 11.3. The Hall–Kier alpha value is -4.76. The minimum atomic E-state index is -4.14. The van der Waals surface area contributed by atoms with E-state index >= 15 is 4.39 Å². The maximum Gasteiger partial charge on any atom is 0.410 e. The lowest BCUT2D eigenvalue weighted by Crippen LogP contribution is -2.39. The van der Waals surface area contributed by atoms with Crippen molar-refractivity contribution in [3.8, 4) is 11.8 Å². The lowest BCUT2D eigenvalue weighted by Gasteiger charge is -2.29. The molecule has 5 rings (SSSR count). The predicted molar refractivity (Wildman–Crippen MR) is 154 cm³/mol. The third-order valence-corrected chi connectivity index (χ3v) is 7.64. The van der Waals surface area contributed by atoms with Crippen LogP contribution in [0.2, 0.25) is 0 Å². The number of amides is 1. The van der Waals surface area contributed by atoms with E-state index in [-0.39, 0.29) is 11.0 Å². The van der Waals surface area contributed by atoms with Crippen molar-refractivity contribution >= 4 is 38.5 Å². The molecule has 1 aliphatic rings. The largest absolute Gasteiger partial charge is 0.444 e. The standard InChI is InChI=1S/C30H27F2N5O4S/c1-30(2,3)41-29(38)36-14-11-22(12-15-36)37-16-10-21-17-20(18-34-28(21)37)6-7-24-25(31)8-9-26(27(24)32)35-42(39,40)23-5-4-13-33-19-23/h4-5,8-11,13,16-19,35H,12,14-15H2,1-3H3. The van der Waals surface area contributed by atoms with Crippen molar-refractivity contribution in [2.75, 3.05) is 17.8 Å². The number of ether oxygens (including phenoxy) is 1. The SMILES string of the molecule is CC(C)(C)OC(=O)N1CC=C(n2ccc3cc(C#Cc4c(F)ccc(NS(=O)(=O)c5cccnc5)c4F)cnc32)CC1. The van der Waals surface area contributed by atoms with Crippen LogP contribution < -0.4 is 4.72 Å². The summed E-state index contributed by atoms with van der Waals surface area (Å²) in [6.07, 6.45) is 8.06. The summed E-state index contributed by atoms with van der Waals surface area (Å²) in [4.78, 5) is 22.1. The topological polar surface area (TPSA) is 106 Å². The van der Waals surface area contributed by atoms with Gasteiger partial charge < -0.3 is 14.2 Å². The van der Waals surface area contributed by atoms with Crippen LogP contribution in [0.5, 0.6) is 0 Å². The van der Waals surface area contributed by atoms with Crippen LogP contribution in [0.4, 0.5) is 19.3 Å². The number of sulfonamides is 1. The third-order valence-electron chi connectivity index (χ3n) is 6.28. The fourth-order valence-electron chi connectivity index (χ4n) is 4.28. The fourth-order valence-corrected chi connectivity index (χ4v) is 5.31. The van der Waals surface area contributed by atoms with Crippen molar-refractivity contribution in [1.82, 2.24) is 19.4 Å². The number of rotatable bonds is 4. The van der Waals surface area contributed by atoms with E-state index in [1.165, 1.54) is 24.5 Å². The maximum absolute atomic E-state index is 15.2. The van der Waals surface area contributed by atoms with Gasteiger partial charge >= 0.3 is 6.09 Å². The zero-order chi connectivity index (χ0) is 30.1. The molecule has 12 heteroatoms. The molecule has 1 aliphatic heterocycles. The van der Waals surface area contributed by atoms with E-state index < -0.39 is 38.5 Å².